The number of carbonyl (C=O) groups excluding carboxylic acids is 1. The molecular weight excluding hydrogens is 316 g/mol. The third-order valence-corrected chi connectivity index (χ3v) is 4.41. The monoisotopic (exact) mass is 334 g/mol. The van der Waals surface area contributed by atoms with Gasteiger partial charge in [0, 0.05) is 54.8 Å². The molecule has 0 fully saturated rings. The average Bonchev–Trinajstić information content (AvgIpc) is 3.21. The van der Waals surface area contributed by atoms with E-state index in [0.29, 0.717) is 31.0 Å². The van der Waals surface area contributed by atoms with Gasteiger partial charge in [0.25, 0.3) is 5.91 Å². The number of aromatic nitrogens is 3. The summed E-state index contributed by atoms with van der Waals surface area (Å²) in [4.78, 5) is 14.8. The lowest BCUT2D eigenvalue weighted by Crippen LogP contribution is -2.36. The molecule has 3 heterocycles. The number of ether oxygens (including phenoxy) is 1. The summed E-state index contributed by atoms with van der Waals surface area (Å²) in [6.07, 6.45) is 4.63. The fourth-order valence-corrected chi connectivity index (χ4v) is 3.07. The van der Waals surface area contributed by atoms with Crippen LogP contribution in [0, 0.1) is 0 Å². The van der Waals surface area contributed by atoms with E-state index in [2.05, 4.69) is 10.2 Å². The van der Waals surface area contributed by atoms with Crippen molar-refractivity contribution >= 4 is 5.91 Å². The van der Waals surface area contributed by atoms with Gasteiger partial charge in [-0.1, -0.05) is 6.07 Å². The van der Waals surface area contributed by atoms with Crippen molar-refractivity contribution in [2.24, 2.45) is 0 Å². The summed E-state index contributed by atoms with van der Waals surface area (Å²) in [7, 11) is 1.56. The fraction of sp³-hybridized carbons (Fsp3) is 0.211. The number of carbonyl (C=O) groups is 1. The Labute approximate surface area is 145 Å². The predicted molar refractivity (Wildman–Crippen MR) is 92.8 cm³/mol. The second-order valence-electron chi connectivity index (χ2n) is 5.98. The van der Waals surface area contributed by atoms with Crippen LogP contribution in [0.4, 0.5) is 0 Å². The zero-order valence-electron chi connectivity index (χ0n) is 13.9. The highest BCUT2D eigenvalue weighted by molar-refractivity contribution is 5.94. The molecule has 0 radical (unpaired) electrons. The lowest BCUT2D eigenvalue weighted by molar-refractivity contribution is 0.0732. The summed E-state index contributed by atoms with van der Waals surface area (Å²) in [6.45, 7) is 1.16. The van der Waals surface area contributed by atoms with Crippen molar-refractivity contribution in [1.82, 2.24) is 19.7 Å². The van der Waals surface area contributed by atoms with Crippen LogP contribution in [0.15, 0.2) is 54.9 Å². The molecule has 0 aliphatic carbocycles. The van der Waals surface area contributed by atoms with Gasteiger partial charge >= 0.3 is 0 Å². The highest BCUT2D eigenvalue weighted by Gasteiger charge is 2.23. The highest BCUT2D eigenvalue weighted by Crippen LogP contribution is 2.22. The first-order chi connectivity index (χ1) is 12.2. The van der Waals surface area contributed by atoms with Crippen molar-refractivity contribution in [3.8, 4) is 11.6 Å². The number of benzene rings is 1. The third-order valence-electron chi connectivity index (χ3n) is 4.41. The molecule has 0 N–H and O–H groups in total. The molecule has 6 nitrogen and oxygen atoms in total. The Morgan fingerprint density at radius 3 is 2.76 bits per heavy atom. The molecule has 3 aromatic rings. The zero-order valence-corrected chi connectivity index (χ0v) is 13.9. The minimum atomic E-state index is 0.0236. The molecule has 1 amide bonds. The quantitative estimate of drug-likeness (QED) is 0.738. The highest BCUT2D eigenvalue weighted by atomic mass is 16.5. The summed E-state index contributed by atoms with van der Waals surface area (Å²) >= 11 is 0. The minimum Gasteiger partial charge on any atom is -0.480 e. The van der Waals surface area contributed by atoms with E-state index in [1.165, 1.54) is 0 Å². The van der Waals surface area contributed by atoms with E-state index in [0.717, 1.165) is 16.9 Å². The molecule has 1 aromatic carbocycles. The molecule has 2 aromatic heterocycles. The van der Waals surface area contributed by atoms with Crippen LogP contribution in [-0.4, -0.2) is 39.2 Å². The van der Waals surface area contributed by atoms with Crippen LogP contribution in [0.25, 0.3) is 5.69 Å². The maximum atomic E-state index is 12.9. The molecule has 6 heteroatoms. The number of hydrogen-bond acceptors (Lipinski definition) is 4. The fourth-order valence-electron chi connectivity index (χ4n) is 3.07. The topological polar surface area (TPSA) is 60.3 Å². The smallest absolute Gasteiger partial charge is 0.254 e. The van der Waals surface area contributed by atoms with Crippen LogP contribution in [0.5, 0.6) is 5.88 Å². The Hall–Kier alpha value is -3.15. The van der Waals surface area contributed by atoms with Gasteiger partial charge in [-0.2, -0.15) is 5.10 Å². The Morgan fingerprint density at radius 2 is 1.96 bits per heavy atom. The molecule has 1 aliphatic rings. The molecule has 0 saturated carbocycles. The number of methoxy groups -OCH3 is 1. The van der Waals surface area contributed by atoms with Crippen molar-refractivity contribution in [3.63, 3.8) is 0 Å². The number of rotatable bonds is 3. The summed E-state index contributed by atoms with van der Waals surface area (Å²) in [5.74, 6) is 0.498. The second-order valence-corrected chi connectivity index (χ2v) is 5.98. The van der Waals surface area contributed by atoms with Gasteiger partial charge in [-0.25, -0.2) is 0 Å². The van der Waals surface area contributed by atoms with Crippen LogP contribution in [0.2, 0.25) is 0 Å². The van der Waals surface area contributed by atoms with Crippen LogP contribution in [0.1, 0.15) is 21.6 Å². The minimum absolute atomic E-state index is 0.0236. The summed E-state index contributed by atoms with van der Waals surface area (Å²) in [5.41, 5.74) is 3.59. The van der Waals surface area contributed by atoms with Gasteiger partial charge in [-0.3, -0.25) is 4.79 Å². The molecule has 4 rings (SSSR count). The Morgan fingerprint density at radius 1 is 1.12 bits per heavy atom. The Balaban J connectivity index is 1.58. The van der Waals surface area contributed by atoms with Crippen LogP contribution in [-0.2, 0) is 13.0 Å². The van der Waals surface area contributed by atoms with Gasteiger partial charge in [0.2, 0.25) is 5.88 Å². The van der Waals surface area contributed by atoms with Crippen LogP contribution < -0.4 is 4.74 Å². The normalized spacial score (nSPS) is 13.4. The van der Waals surface area contributed by atoms with E-state index in [1.807, 2.05) is 64.3 Å². The van der Waals surface area contributed by atoms with Crippen molar-refractivity contribution in [2.45, 2.75) is 13.0 Å². The van der Waals surface area contributed by atoms with Crippen LogP contribution >= 0.6 is 0 Å². The summed E-state index contributed by atoms with van der Waals surface area (Å²) in [6, 6.07) is 13.5. The maximum absolute atomic E-state index is 12.9. The van der Waals surface area contributed by atoms with Crippen molar-refractivity contribution < 1.29 is 9.53 Å². The van der Waals surface area contributed by atoms with E-state index in [-0.39, 0.29) is 5.91 Å². The van der Waals surface area contributed by atoms with E-state index in [4.69, 9.17) is 4.74 Å². The molecule has 1 aliphatic heterocycles. The number of hydrogen-bond donors (Lipinski definition) is 0. The standard InChI is InChI=1S/C19H18N4O2/c1-25-18-12-15-13-23(10-7-17(15)20-21-18)19(24)14-5-4-6-16(11-14)22-8-2-3-9-22/h2-6,8-9,11-12H,7,10,13H2,1H3. The average molecular weight is 334 g/mol. The van der Waals surface area contributed by atoms with E-state index in [9.17, 15) is 4.79 Å². The van der Waals surface area contributed by atoms with Crippen molar-refractivity contribution in [2.75, 3.05) is 13.7 Å². The van der Waals surface area contributed by atoms with E-state index >= 15 is 0 Å². The lowest BCUT2D eigenvalue weighted by atomic mass is 10.0. The molecule has 0 saturated heterocycles. The molecule has 126 valence electrons. The number of fused-ring (bicyclic) bond motifs is 1. The number of nitrogens with zero attached hydrogens (tertiary/aromatic N) is 4. The van der Waals surface area contributed by atoms with Gasteiger partial charge in [0.05, 0.1) is 12.8 Å². The molecule has 0 unspecified atom stereocenters. The summed E-state index contributed by atoms with van der Waals surface area (Å²) in [5, 5.41) is 8.19. The Bertz CT molecular complexity index is 906. The van der Waals surface area contributed by atoms with E-state index in [1.54, 1.807) is 7.11 Å². The second kappa shape index (κ2) is 6.39. The van der Waals surface area contributed by atoms with Crippen molar-refractivity contribution in [3.05, 3.63) is 71.7 Å². The van der Waals surface area contributed by atoms with Gasteiger partial charge in [-0.05, 0) is 30.3 Å². The first-order valence-corrected chi connectivity index (χ1v) is 8.17. The molecule has 0 spiro atoms. The first kappa shape index (κ1) is 15.4. The molecule has 25 heavy (non-hydrogen) atoms. The van der Waals surface area contributed by atoms with E-state index < -0.39 is 0 Å². The lowest BCUT2D eigenvalue weighted by Gasteiger charge is -2.28. The summed E-state index contributed by atoms with van der Waals surface area (Å²) < 4.78 is 7.13. The first-order valence-electron chi connectivity index (χ1n) is 8.17. The zero-order chi connectivity index (χ0) is 17.2. The molecule has 0 bridgehead atoms. The Kier molecular flexibility index (Phi) is 3.93. The predicted octanol–water partition coefficient (Wildman–Crippen LogP) is 2.47. The molecular formula is C19H18N4O2. The van der Waals surface area contributed by atoms with Gasteiger partial charge in [-0.15, -0.1) is 5.10 Å². The third kappa shape index (κ3) is 2.98. The van der Waals surface area contributed by atoms with Gasteiger partial charge < -0.3 is 14.2 Å². The number of amides is 1. The molecule has 0 atom stereocenters. The SMILES string of the molecule is COc1cc2c(nn1)CCN(C(=O)c1cccc(-n3cccc3)c1)C2. The van der Waals surface area contributed by atoms with Crippen LogP contribution in [0.3, 0.4) is 0 Å². The van der Waals surface area contributed by atoms with Gasteiger partial charge in [0.15, 0.2) is 0 Å². The van der Waals surface area contributed by atoms with Crippen molar-refractivity contribution in [1.29, 1.82) is 0 Å². The maximum Gasteiger partial charge on any atom is 0.254 e. The largest absolute Gasteiger partial charge is 0.480 e. The van der Waals surface area contributed by atoms with Gasteiger partial charge in [0.1, 0.15) is 0 Å².